The normalized spacial score (nSPS) is 12.0. The first-order valence-corrected chi connectivity index (χ1v) is 8.15. The zero-order valence-corrected chi connectivity index (χ0v) is 12.7. The molecule has 110 valence electrons. The van der Waals surface area contributed by atoms with Gasteiger partial charge in [-0.25, -0.2) is 4.39 Å². The monoisotopic (exact) mass is 305 g/mol. The van der Waals surface area contributed by atoms with Crippen LogP contribution >= 0.6 is 0 Å². The molecule has 1 N–H and O–H groups in total. The third-order valence-electron chi connectivity index (χ3n) is 3.16. The topological polar surface area (TPSA) is 46.2 Å². The molecule has 0 saturated heterocycles. The molecule has 0 saturated carbocycles. The third kappa shape index (κ3) is 3.98. The molecule has 0 aliphatic carbocycles. The number of benzene rings is 2. The first-order chi connectivity index (χ1) is 9.97. The van der Waals surface area contributed by atoms with Gasteiger partial charge in [0.1, 0.15) is 5.82 Å². The van der Waals surface area contributed by atoms with Gasteiger partial charge in [-0.3, -0.25) is 9.00 Å². The summed E-state index contributed by atoms with van der Waals surface area (Å²) in [5.74, 6) is -0.227. The van der Waals surface area contributed by atoms with E-state index in [0.717, 1.165) is 11.1 Å². The van der Waals surface area contributed by atoms with Gasteiger partial charge in [0.05, 0.1) is 0 Å². The van der Waals surface area contributed by atoms with Gasteiger partial charge in [0.25, 0.3) is 5.91 Å². The lowest BCUT2D eigenvalue weighted by Crippen LogP contribution is -2.13. The molecule has 0 heterocycles. The van der Waals surface area contributed by atoms with E-state index in [0.29, 0.717) is 17.0 Å². The van der Waals surface area contributed by atoms with Crippen LogP contribution in [0.4, 0.5) is 10.1 Å². The molecule has 0 aromatic heterocycles. The van der Waals surface area contributed by atoms with Gasteiger partial charge in [-0.05, 0) is 48.4 Å². The van der Waals surface area contributed by atoms with E-state index in [9.17, 15) is 13.4 Å². The predicted molar refractivity (Wildman–Crippen MR) is 83.3 cm³/mol. The SMILES string of the molecule is Cc1c(CS(C)=O)cccc1NC(=O)c1ccc(F)cc1. The first kappa shape index (κ1) is 15.4. The van der Waals surface area contributed by atoms with Crippen molar-refractivity contribution in [1.29, 1.82) is 0 Å². The molecule has 1 amide bonds. The standard InChI is InChI=1S/C16H16FNO2S/c1-11-13(10-21(2)20)4-3-5-15(11)18-16(19)12-6-8-14(17)9-7-12/h3-9H,10H2,1-2H3,(H,18,19). The van der Waals surface area contributed by atoms with Crippen LogP contribution in [0.2, 0.25) is 0 Å². The fraction of sp³-hybridized carbons (Fsp3) is 0.188. The molecule has 21 heavy (non-hydrogen) atoms. The molecular formula is C16H16FNO2S. The number of hydrogen-bond donors (Lipinski definition) is 1. The van der Waals surface area contributed by atoms with E-state index in [4.69, 9.17) is 0 Å². The van der Waals surface area contributed by atoms with Gasteiger partial charge < -0.3 is 5.32 Å². The number of anilines is 1. The lowest BCUT2D eigenvalue weighted by molar-refractivity contribution is 0.102. The number of rotatable bonds is 4. The molecule has 0 spiro atoms. The van der Waals surface area contributed by atoms with Gasteiger partial charge in [-0.15, -0.1) is 0 Å². The van der Waals surface area contributed by atoms with Crippen molar-refractivity contribution in [2.75, 3.05) is 11.6 Å². The minimum atomic E-state index is -0.941. The van der Waals surface area contributed by atoms with Gasteiger partial charge in [0.15, 0.2) is 0 Å². The van der Waals surface area contributed by atoms with Gasteiger partial charge in [-0.2, -0.15) is 0 Å². The Morgan fingerprint density at radius 1 is 1.19 bits per heavy atom. The summed E-state index contributed by atoms with van der Waals surface area (Å²) in [5, 5.41) is 2.80. The van der Waals surface area contributed by atoms with Gasteiger partial charge in [-0.1, -0.05) is 12.1 Å². The second kappa shape index (κ2) is 6.63. The summed E-state index contributed by atoms with van der Waals surface area (Å²) < 4.78 is 24.2. The Labute approximate surface area is 125 Å². The van der Waals surface area contributed by atoms with Crippen LogP contribution in [-0.4, -0.2) is 16.4 Å². The number of carbonyl (C=O) groups is 1. The van der Waals surface area contributed by atoms with Crippen LogP contribution in [0, 0.1) is 12.7 Å². The van der Waals surface area contributed by atoms with Crippen LogP contribution in [-0.2, 0) is 16.6 Å². The average molecular weight is 305 g/mol. The van der Waals surface area contributed by atoms with Crippen molar-refractivity contribution in [3.05, 3.63) is 65.0 Å². The Hall–Kier alpha value is -2.01. The maximum atomic E-state index is 12.9. The first-order valence-electron chi connectivity index (χ1n) is 6.43. The highest BCUT2D eigenvalue weighted by Crippen LogP contribution is 2.21. The summed E-state index contributed by atoms with van der Waals surface area (Å²) in [5.41, 5.74) is 2.89. The summed E-state index contributed by atoms with van der Waals surface area (Å²) in [7, 11) is -0.941. The summed E-state index contributed by atoms with van der Waals surface area (Å²) >= 11 is 0. The zero-order chi connectivity index (χ0) is 15.4. The minimum absolute atomic E-state index is 0.298. The van der Waals surface area contributed by atoms with Crippen LogP contribution in [0.1, 0.15) is 21.5 Å². The van der Waals surface area contributed by atoms with E-state index in [1.165, 1.54) is 24.3 Å². The molecule has 2 rings (SSSR count). The van der Waals surface area contributed by atoms with Crippen molar-refractivity contribution >= 4 is 22.4 Å². The summed E-state index contributed by atoms with van der Waals surface area (Å²) in [4.78, 5) is 12.1. The Balaban J connectivity index is 2.21. The molecule has 1 unspecified atom stereocenters. The number of halogens is 1. The van der Waals surface area contributed by atoms with Gasteiger partial charge in [0.2, 0.25) is 0 Å². The van der Waals surface area contributed by atoms with Crippen LogP contribution in [0.3, 0.4) is 0 Å². The molecule has 0 radical (unpaired) electrons. The van der Waals surface area contributed by atoms with Crippen LogP contribution in [0.25, 0.3) is 0 Å². The van der Waals surface area contributed by atoms with Crippen molar-refractivity contribution < 1.29 is 13.4 Å². The van der Waals surface area contributed by atoms with E-state index >= 15 is 0 Å². The number of amides is 1. The van der Waals surface area contributed by atoms with Crippen molar-refractivity contribution in [3.63, 3.8) is 0 Å². The van der Waals surface area contributed by atoms with E-state index in [1.807, 2.05) is 19.1 Å². The van der Waals surface area contributed by atoms with Gasteiger partial charge >= 0.3 is 0 Å². The molecule has 2 aromatic rings. The Bertz CT molecular complexity index is 683. The molecule has 0 bridgehead atoms. The van der Waals surface area contributed by atoms with Gasteiger partial charge in [0, 0.05) is 34.1 Å². The highest BCUT2D eigenvalue weighted by atomic mass is 32.2. The molecule has 1 atom stereocenters. The molecule has 0 fully saturated rings. The molecule has 2 aromatic carbocycles. The van der Waals surface area contributed by atoms with E-state index < -0.39 is 10.8 Å². The van der Waals surface area contributed by atoms with Crippen molar-refractivity contribution in [2.24, 2.45) is 0 Å². The van der Waals surface area contributed by atoms with E-state index in [1.54, 1.807) is 12.3 Å². The predicted octanol–water partition coefficient (Wildman–Crippen LogP) is 3.26. The molecular weight excluding hydrogens is 289 g/mol. The minimum Gasteiger partial charge on any atom is -0.322 e. The maximum Gasteiger partial charge on any atom is 0.255 e. The van der Waals surface area contributed by atoms with E-state index in [-0.39, 0.29) is 11.7 Å². The molecule has 0 aliphatic heterocycles. The quantitative estimate of drug-likeness (QED) is 0.942. The van der Waals surface area contributed by atoms with Crippen molar-refractivity contribution in [2.45, 2.75) is 12.7 Å². The maximum absolute atomic E-state index is 12.9. The Kier molecular flexibility index (Phi) is 4.85. The molecule has 5 heteroatoms. The smallest absolute Gasteiger partial charge is 0.255 e. The van der Waals surface area contributed by atoms with E-state index in [2.05, 4.69) is 5.32 Å². The number of nitrogens with one attached hydrogen (secondary N) is 1. The highest BCUT2D eigenvalue weighted by molar-refractivity contribution is 7.83. The Morgan fingerprint density at radius 3 is 2.48 bits per heavy atom. The number of carbonyl (C=O) groups excluding carboxylic acids is 1. The fourth-order valence-corrected chi connectivity index (χ4v) is 2.74. The summed E-state index contributed by atoms with van der Waals surface area (Å²) in [6.45, 7) is 1.88. The molecule has 3 nitrogen and oxygen atoms in total. The largest absolute Gasteiger partial charge is 0.322 e. The second-order valence-electron chi connectivity index (χ2n) is 4.77. The fourth-order valence-electron chi connectivity index (χ4n) is 1.99. The lowest BCUT2D eigenvalue weighted by atomic mass is 10.1. The summed E-state index contributed by atoms with van der Waals surface area (Å²) in [6.07, 6.45) is 1.64. The molecule has 0 aliphatic rings. The average Bonchev–Trinajstić information content (AvgIpc) is 2.43. The van der Waals surface area contributed by atoms with Crippen LogP contribution < -0.4 is 5.32 Å². The highest BCUT2D eigenvalue weighted by Gasteiger charge is 2.10. The zero-order valence-electron chi connectivity index (χ0n) is 11.9. The Morgan fingerprint density at radius 2 is 1.86 bits per heavy atom. The lowest BCUT2D eigenvalue weighted by Gasteiger charge is -2.12. The van der Waals surface area contributed by atoms with Crippen molar-refractivity contribution in [3.8, 4) is 0 Å². The van der Waals surface area contributed by atoms with Crippen LogP contribution in [0.5, 0.6) is 0 Å². The second-order valence-corrected chi connectivity index (χ2v) is 6.20. The van der Waals surface area contributed by atoms with Crippen LogP contribution in [0.15, 0.2) is 42.5 Å². The number of hydrogen-bond acceptors (Lipinski definition) is 2. The van der Waals surface area contributed by atoms with Crippen molar-refractivity contribution in [1.82, 2.24) is 0 Å². The third-order valence-corrected chi connectivity index (χ3v) is 3.88. The summed E-state index contributed by atoms with van der Waals surface area (Å²) in [6, 6.07) is 10.9.